The molecule has 0 radical (unpaired) electrons. The Balaban J connectivity index is 1.17. The van der Waals surface area contributed by atoms with E-state index >= 15 is 0 Å². The normalized spacial score (nSPS) is 20.2. The van der Waals surface area contributed by atoms with Gasteiger partial charge in [0, 0.05) is 36.3 Å². The van der Waals surface area contributed by atoms with Gasteiger partial charge in [-0.2, -0.15) is 4.89 Å². The van der Waals surface area contributed by atoms with E-state index in [1.165, 1.54) is 0 Å². The Morgan fingerprint density at radius 2 is 1.78 bits per heavy atom. The van der Waals surface area contributed by atoms with E-state index in [0.717, 1.165) is 49.9 Å². The molecule has 41 heavy (non-hydrogen) atoms. The second-order valence-corrected chi connectivity index (χ2v) is 14.6. The smallest absolute Gasteiger partial charge is 0.257 e. The van der Waals surface area contributed by atoms with Crippen LogP contribution in [-0.4, -0.2) is 57.6 Å². The number of hydrogen-bond acceptors (Lipinski definition) is 8. The van der Waals surface area contributed by atoms with Crippen LogP contribution in [0, 0.1) is 11.7 Å². The number of sulfonamides is 1. The fourth-order valence-corrected chi connectivity index (χ4v) is 7.22. The molecule has 2 fully saturated rings. The molecule has 222 valence electrons. The molecule has 1 saturated carbocycles. The largest absolute Gasteiger partial charge is 0.339 e. The SMILES string of the molecule is NS(=O)(=O)c1ccc(S(=O)(=O)CCC2CCN(C(=O)c3cc(OOC4CC=CCC4)nc(C4CC4)c3)CC2)c(F)c1. The van der Waals surface area contributed by atoms with Gasteiger partial charge < -0.3 is 9.79 Å². The van der Waals surface area contributed by atoms with Crippen molar-refractivity contribution in [1.29, 1.82) is 0 Å². The average molecular weight is 608 g/mol. The van der Waals surface area contributed by atoms with Gasteiger partial charge in [0.25, 0.3) is 11.8 Å². The van der Waals surface area contributed by atoms with Gasteiger partial charge >= 0.3 is 0 Å². The minimum atomic E-state index is -4.15. The highest BCUT2D eigenvalue weighted by Crippen LogP contribution is 2.40. The van der Waals surface area contributed by atoms with Gasteiger partial charge in [0.2, 0.25) is 10.0 Å². The van der Waals surface area contributed by atoms with Crippen LogP contribution in [0.25, 0.3) is 0 Å². The van der Waals surface area contributed by atoms with Crippen LogP contribution in [0.1, 0.15) is 73.3 Å². The molecule has 1 saturated heterocycles. The lowest BCUT2D eigenvalue weighted by atomic mass is 9.94. The van der Waals surface area contributed by atoms with Crippen LogP contribution >= 0.6 is 0 Å². The summed E-state index contributed by atoms with van der Waals surface area (Å²) in [6.45, 7) is 0.923. The Kier molecular flexibility index (Phi) is 8.78. The van der Waals surface area contributed by atoms with Crippen LogP contribution in [0.2, 0.25) is 0 Å². The van der Waals surface area contributed by atoms with Gasteiger partial charge in [0.15, 0.2) is 9.84 Å². The van der Waals surface area contributed by atoms with Crippen molar-refractivity contribution < 1.29 is 35.8 Å². The van der Waals surface area contributed by atoms with Crippen LogP contribution < -0.4 is 10.0 Å². The minimum Gasteiger partial charge on any atom is -0.339 e. The molecule has 2 N–H and O–H groups in total. The van der Waals surface area contributed by atoms with Crippen molar-refractivity contribution in [2.45, 2.75) is 73.2 Å². The lowest BCUT2D eigenvalue weighted by Gasteiger charge is -2.32. The van der Waals surface area contributed by atoms with Crippen LogP contribution in [0.4, 0.5) is 4.39 Å². The fraction of sp³-hybridized carbons (Fsp3) is 0.500. The molecule has 2 heterocycles. The van der Waals surface area contributed by atoms with Crippen LogP contribution in [0.3, 0.4) is 0 Å². The number of nitrogens with two attached hydrogens (primary N) is 1. The van der Waals surface area contributed by atoms with E-state index in [9.17, 15) is 26.0 Å². The summed E-state index contributed by atoms with van der Waals surface area (Å²) >= 11 is 0. The van der Waals surface area contributed by atoms with E-state index in [4.69, 9.17) is 14.9 Å². The van der Waals surface area contributed by atoms with Crippen molar-refractivity contribution in [3.63, 3.8) is 0 Å². The maximum atomic E-state index is 14.4. The highest BCUT2D eigenvalue weighted by molar-refractivity contribution is 7.91. The van der Waals surface area contributed by atoms with Gasteiger partial charge in [0.1, 0.15) is 16.8 Å². The summed E-state index contributed by atoms with van der Waals surface area (Å²) in [4.78, 5) is 29.8. The van der Waals surface area contributed by atoms with Crippen molar-refractivity contribution >= 4 is 25.8 Å². The number of carbonyl (C=O) groups excluding carboxylic acids is 1. The molecule has 1 aromatic heterocycles. The molecule has 13 heteroatoms. The Labute approximate surface area is 239 Å². The number of sulfone groups is 1. The van der Waals surface area contributed by atoms with E-state index in [1.54, 1.807) is 11.0 Å². The number of amides is 1. The molecule has 1 unspecified atom stereocenters. The number of nitrogens with zero attached hydrogens (tertiary/aromatic N) is 2. The third kappa shape index (κ3) is 7.51. The number of halogens is 1. The number of rotatable bonds is 10. The van der Waals surface area contributed by atoms with Gasteiger partial charge in [-0.15, -0.1) is 0 Å². The Bertz CT molecular complexity index is 1530. The van der Waals surface area contributed by atoms with Gasteiger partial charge in [-0.25, -0.2) is 31.3 Å². The van der Waals surface area contributed by atoms with Crippen molar-refractivity contribution in [1.82, 2.24) is 9.88 Å². The summed E-state index contributed by atoms with van der Waals surface area (Å²) in [6, 6.07) is 5.98. The third-order valence-electron chi connectivity index (χ3n) is 7.82. The summed E-state index contributed by atoms with van der Waals surface area (Å²) in [7, 11) is -8.13. The van der Waals surface area contributed by atoms with Gasteiger partial charge in [0.05, 0.1) is 10.6 Å². The number of allylic oxidation sites excluding steroid dienone is 1. The van der Waals surface area contributed by atoms with E-state index in [2.05, 4.69) is 17.1 Å². The average Bonchev–Trinajstić information content (AvgIpc) is 3.81. The summed E-state index contributed by atoms with van der Waals surface area (Å²) in [5.74, 6) is -0.944. The minimum absolute atomic E-state index is 0.0388. The number of piperidine rings is 1. The summed E-state index contributed by atoms with van der Waals surface area (Å²) in [5.41, 5.74) is 1.31. The molecule has 10 nitrogen and oxygen atoms in total. The third-order valence-corrected chi connectivity index (χ3v) is 10.5. The number of pyridine rings is 1. The molecule has 5 rings (SSSR count). The molecule has 0 spiro atoms. The topological polar surface area (TPSA) is 146 Å². The predicted octanol–water partition coefficient (Wildman–Crippen LogP) is 3.88. The lowest BCUT2D eigenvalue weighted by molar-refractivity contribution is -0.248. The molecule has 1 atom stereocenters. The first-order valence-corrected chi connectivity index (χ1v) is 17.0. The van der Waals surface area contributed by atoms with Crippen LogP contribution in [-0.2, 0) is 24.7 Å². The molecule has 1 aromatic carbocycles. The maximum absolute atomic E-state index is 14.4. The van der Waals surface area contributed by atoms with Crippen molar-refractivity contribution in [3.8, 4) is 5.88 Å². The number of likely N-dealkylation sites (tertiary alicyclic amines) is 1. The standard InChI is InChI=1S/C28H34FN3O7S2/c29-24-18-23(41(30,36)37)8-9-26(24)40(34,35)15-12-19-10-13-32(14-11-19)28(33)21-16-25(20-6-7-20)31-27(17-21)39-38-22-4-2-1-3-5-22/h1-2,8-9,16-20,22H,3-7,10-15H2,(H2,30,36,37). The van der Waals surface area contributed by atoms with Crippen molar-refractivity contribution in [3.05, 3.63) is 59.6 Å². The quantitative estimate of drug-likeness (QED) is 0.243. The summed E-state index contributed by atoms with van der Waals surface area (Å²) in [5, 5.41) is 4.99. The molecule has 2 aromatic rings. The zero-order valence-corrected chi connectivity index (χ0v) is 24.2. The summed E-state index contributed by atoms with van der Waals surface area (Å²) in [6.07, 6.45) is 10.2. The Morgan fingerprint density at radius 3 is 2.41 bits per heavy atom. The second-order valence-electron chi connectivity index (χ2n) is 11.0. The first-order valence-electron chi connectivity index (χ1n) is 13.8. The zero-order chi connectivity index (χ0) is 29.2. The van der Waals surface area contributed by atoms with E-state index in [-0.39, 0.29) is 29.6 Å². The highest BCUT2D eigenvalue weighted by atomic mass is 32.2. The number of aromatic nitrogens is 1. The Hall–Kier alpha value is -2.87. The van der Waals surface area contributed by atoms with E-state index in [1.807, 2.05) is 6.07 Å². The second kappa shape index (κ2) is 12.2. The molecule has 1 aliphatic heterocycles. The zero-order valence-electron chi connectivity index (χ0n) is 22.6. The number of benzene rings is 1. The Morgan fingerprint density at radius 1 is 1.02 bits per heavy atom. The van der Waals surface area contributed by atoms with Gasteiger partial charge in [-0.05, 0) is 81.5 Å². The van der Waals surface area contributed by atoms with Gasteiger partial charge in [-0.3, -0.25) is 4.79 Å². The number of carbonyl (C=O) groups is 1. The first kappa shape index (κ1) is 29.6. The van der Waals surface area contributed by atoms with Crippen LogP contribution in [0.15, 0.2) is 52.3 Å². The highest BCUT2D eigenvalue weighted by Gasteiger charge is 2.30. The van der Waals surface area contributed by atoms with Gasteiger partial charge in [-0.1, -0.05) is 12.2 Å². The molecule has 0 bridgehead atoms. The first-order chi connectivity index (χ1) is 19.5. The number of primary sulfonamides is 1. The lowest BCUT2D eigenvalue weighted by Crippen LogP contribution is -2.39. The summed E-state index contributed by atoms with van der Waals surface area (Å²) < 4.78 is 62.8. The maximum Gasteiger partial charge on any atom is 0.257 e. The van der Waals surface area contributed by atoms with E-state index in [0.29, 0.717) is 49.9 Å². The molecular formula is C28H34FN3O7S2. The predicted molar refractivity (Wildman–Crippen MR) is 148 cm³/mol. The van der Waals surface area contributed by atoms with Crippen molar-refractivity contribution in [2.75, 3.05) is 18.8 Å². The van der Waals surface area contributed by atoms with E-state index < -0.39 is 35.5 Å². The number of hydrogen-bond donors (Lipinski definition) is 1. The van der Waals surface area contributed by atoms with Crippen molar-refractivity contribution in [2.24, 2.45) is 11.1 Å². The molecule has 1 amide bonds. The molecular weight excluding hydrogens is 573 g/mol. The molecule has 2 aliphatic carbocycles. The van der Waals surface area contributed by atoms with Crippen LogP contribution in [0.5, 0.6) is 5.88 Å². The molecule has 3 aliphatic rings. The monoisotopic (exact) mass is 607 g/mol. The fourth-order valence-electron chi connectivity index (χ4n) is 5.20.